The molecule has 1 aliphatic rings. The summed E-state index contributed by atoms with van der Waals surface area (Å²) in [7, 11) is 0. The Morgan fingerprint density at radius 3 is 2.77 bits per heavy atom. The molecule has 0 radical (unpaired) electrons. The van der Waals surface area contributed by atoms with Crippen LogP contribution >= 0.6 is 15.9 Å². The van der Waals surface area contributed by atoms with Gasteiger partial charge < -0.3 is 9.47 Å². The van der Waals surface area contributed by atoms with Crippen LogP contribution < -0.4 is 9.47 Å². The summed E-state index contributed by atoms with van der Waals surface area (Å²) in [5.41, 5.74) is -0.0734. The van der Waals surface area contributed by atoms with Crippen LogP contribution in [-0.4, -0.2) is 11.7 Å². The molecule has 0 atom stereocenters. The molecule has 0 saturated heterocycles. The van der Waals surface area contributed by atoms with Crippen LogP contribution in [0.2, 0.25) is 0 Å². The van der Waals surface area contributed by atoms with Gasteiger partial charge in [-0.25, -0.2) is 0 Å². The molecule has 0 saturated carbocycles. The quantitative estimate of drug-likeness (QED) is 0.562. The number of benzene rings is 1. The van der Waals surface area contributed by atoms with E-state index in [9.17, 15) is 10.1 Å². The van der Waals surface area contributed by atoms with Gasteiger partial charge in [-0.3, -0.25) is 10.1 Å². The summed E-state index contributed by atoms with van der Waals surface area (Å²) in [4.78, 5) is 10.0. The Balaban J connectivity index is 2.62. The summed E-state index contributed by atoms with van der Waals surface area (Å²) < 4.78 is 10.7. The van der Waals surface area contributed by atoms with Crippen molar-refractivity contribution in [2.24, 2.45) is 0 Å². The van der Waals surface area contributed by atoms with Crippen molar-refractivity contribution in [3.63, 3.8) is 0 Å². The minimum Gasteiger partial charge on any atom is -0.452 e. The Morgan fingerprint density at radius 2 is 2.08 bits per heavy atom. The summed E-state index contributed by atoms with van der Waals surface area (Å²) in [5.74, 6) is 0.591. The molecule has 1 heterocycles. The molecule has 1 aromatic carbocycles. The van der Waals surface area contributed by atoms with Gasteiger partial charge in [-0.2, -0.15) is 0 Å². The minimum absolute atomic E-state index is 0.0266. The maximum Gasteiger partial charge on any atom is 0.315 e. The number of nitrogens with zero attached hydrogens (tertiary/aromatic N) is 1. The highest BCUT2D eigenvalue weighted by molar-refractivity contribution is 9.10. The average Bonchev–Trinajstić information content (AvgIpc) is 2.53. The van der Waals surface area contributed by atoms with E-state index in [0.717, 1.165) is 0 Å². The Morgan fingerprint density at radius 1 is 1.38 bits per heavy atom. The van der Waals surface area contributed by atoms with Gasteiger partial charge in [0.05, 0.1) is 9.40 Å². The molecule has 13 heavy (non-hydrogen) atoms. The Bertz CT molecular complexity index is 379. The van der Waals surface area contributed by atoms with Crippen LogP contribution in [0.15, 0.2) is 16.6 Å². The van der Waals surface area contributed by atoms with Crippen molar-refractivity contribution >= 4 is 21.6 Å². The highest BCUT2D eigenvalue weighted by atomic mass is 79.9. The number of halogens is 1. The number of rotatable bonds is 1. The van der Waals surface area contributed by atoms with Gasteiger partial charge in [0, 0.05) is 6.07 Å². The van der Waals surface area contributed by atoms with Crippen LogP contribution in [0.5, 0.6) is 11.5 Å². The lowest BCUT2D eigenvalue weighted by molar-refractivity contribution is -0.385. The summed E-state index contributed by atoms with van der Waals surface area (Å²) in [5, 5.41) is 10.5. The molecule has 0 N–H and O–H groups in total. The molecule has 0 unspecified atom stereocenters. The predicted octanol–water partition coefficient (Wildman–Crippen LogP) is 2.09. The lowest BCUT2D eigenvalue weighted by Crippen LogP contribution is -1.94. The topological polar surface area (TPSA) is 61.6 Å². The van der Waals surface area contributed by atoms with E-state index in [4.69, 9.17) is 9.47 Å². The average molecular weight is 246 g/mol. The van der Waals surface area contributed by atoms with Gasteiger partial charge in [0.2, 0.25) is 12.5 Å². The SMILES string of the molecule is O=[N+]([O-])c1ccc(Br)c2c1OCO2. The second kappa shape index (κ2) is 2.88. The molecule has 0 spiro atoms. The zero-order chi connectivity index (χ0) is 9.42. The first-order chi connectivity index (χ1) is 6.20. The Hall–Kier alpha value is -1.30. The molecule has 2 rings (SSSR count). The molecular formula is C7H4BrNO4. The summed E-state index contributed by atoms with van der Waals surface area (Å²) in [6.07, 6.45) is 0. The van der Waals surface area contributed by atoms with E-state index in [1.54, 1.807) is 6.07 Å². The van der Waals surface area contributed by atoms with E-state index in [0.29, 0.717) is 10.2 Å². The third-order valence-electron chi connectivity index (χ3n) is 1.65. The van der Waals surface area contributed by atoms with Gasteiger partial charge >= 0.3 is 5.69 Å². The van der Waals surface area contributed by atoms with Crippen LogP contribution in [0, 0.1) is 10.1 Å². The van der Waals surface area contributed by atoms with E-state index in [-0.39, 0.29) is 18.2 Å². The molecule has 1 aliphatic heterocycles. The summed E-state index contributed by atoms with van der Waals surface area (Å²) in [6.45, 7) is 0.0266. The molecule has 5 nitrogen and oxygen atoms in total. The Kier molecular flexibility index (Phi) is 1.84. The van der Waals surface area contributed by atoms with Crippen molar-refractivity contribution in [3.05, 3.63) is 26.7 Å². The zero-order valence-electron chi connectivity index (χ0n) is 6.32. The molecule has 68 valence electrons. The predicted molar refractivity (Wildman–Crippen MR) is 46.9 cm³/mol. The third kappa shape index (κ3) is 1.23. The van der Waals surface area contributed by atoms with Crippen molar-refractivity contribution in [2.75, 3.05) is 6.79 Å². The van der Waals surface area contributed by atoms with Crippen LogP contribution in [0.4, 0.5) is 5.69 Å². The lowest BCUT2D eigenvalue weighted by atomic mass is 10.3. The van der Waals surface area contributed by atoms with Crippen LogP contribution in [0.25, 0.3) is 0 Å². The molecule has 0 amide bonds. The fourth-order valence-corrected chi connectivity index (χ4v) is 1.52. The van der Waals surface area contributed by atoms with E-state index < -0.39 is 4.92 Å². The van der Waals surface area contributed by atoms with Gasteiger partial charge in [0.1, 0.15) is 0 Å². The summed E-state index contributed by atoms with van der Waals surface area (Å²) in [6, 6.07) is 2.93. The summed E-state index contributed by atoms with van der Waals surface area (Å²) >= 11 is 3.20. The second-order valence-corrected chi connectivity index (χ2v) is 3.24. The maximum absolute atomic E-state index is 10.5. The molecule has 6 heteroatoms. The molecule has 0 aromatic heterocycles. The van der Waals surface area contributed by atoms with Gasteiger partial charge in [-0.1, -0.05) is 0 Å². The van der Waals surface area contributed by atoms with E-state index in [1.165, 1.54) is 6.07 Å². The van der Waals surface area contributed by atoms with E-state index in [2.05, 4.69) is 15.9 Å². The van der Waals surface area contributed by atoms with Gasteiger partial charge in [-0.15, -0.1) is 0 Å². The van der Waals surface area contributed by atoms with Crippen LogP contribution in [0.1, 0.15) is 0 Å². The molecular weight excluding hydrogens is 242 g/mol. The standard InChI is InChI=1S/C7H4BrNO4/c8-4-1-2-5(9(10)11)7-6(4)12-3-13-7/h1-2H,3H2. The van der Waals surface area contributed by atoms with Crippen molar-refractivity contribution in [3.8, 4) is 11.5 Å². The van der Waals surface area contributed by atoms with Crippen molar-refractivity contribution in [1.29, 1.82) is 0 Å². The monoisotopic (exact) mass is 245 g/mol. The number of ether oxygens (including phenoxy) is 2. The molecule has 0 aliphatic carbocycles. The fourth-order valence-electron chi connectivity index (χ4n) is 1.09. The normalized spacial score (nSPS) is 13.0. The van der Waals surface area contributed by atoms with Crippen LogP contribution in [-0.2, 0) is 0 Å². The number of nitro benzene ring substituents is 1. The fraction of sp³-hybridized carbons (Fsp3) is 0.143. The number of hydrogen-bond donors (Lipinski definition) is 0. The second-order valence-electron chi connectivity index (χ2n) is 2.39. The van der Waals surface area contributed by atoms with Crippen molar-refractivity contribution in [1.82, 2.24) is 0 Å². The van der Waals surface area contributed by atoms with Crippen molar-refractivity contribution < 1.29 is 14.4 Å². The van der Waals surface area contributed by atoms with E-state index in [1.807, 2.05) is 0 Å². The first-order valence-corrected chi connectivity index (χ1v) is 4.22. The number of nitro groups is 1. The molecule has 1 aromatic rings. The highest BCUT2D eigenvalue weighted by Gasteiger charge is 2.27. The van der Waals surface area contributed by atoms with E-state index >= 15 is 0 Å². The smallest absolute Gasteiger partial charge is 0.315 e. The van der Waals surface area contributed by atoms with Gasteiger partial charge in [0.15, 0.2) is 5.75 Å². The first kappa shape index (κ1) is 8.31. The minimum atomic E-state index is -0.500. The third-order valence-corrected chi connectivity index (χ3v) is 2.27. The van der Waals surface area contributed by atoms with Crippen molar-refractivity contribution in [2.45, 2.75) is 0 Å². The zero-order valence-corrected chi connectivity index (χ0v) is 7.91. The van der Waals surface area contributed by atoms with Gasteiger partial charge in [0.25, 0.3) is 0 Å². The van der Waals surface area contributed by atoms with Crippen LogP contribution in [0.3, 0.4) is 0 Å². The first-order valence-electron chi connectivity index (χ1n) is 3.42. The lowest BCUT2D eigenvalue weighted by Gasteiger charge is -1.98. The molecule has 0 fully saturated rings. The Labute approximate surface area is 81.5 Å². The number of fused-ring (bicyclic) bond motifs is 1. The molecule has 0 bridgehead atoms. The largest absolute Gasteiger partial charge is 0.452 e. The van der Waals surface area contributed by atoms with Gasteiger partial charge in [-0.05, 0) is 22.0 Å². The highest BCUT2D eigenvalue weighted by Crippen LogP contribution is 2.45. The maximum atomic E-state index is 10.5. The number of hydrogen-bond acceptors (Lipinski definition) is 4.